The standard InChI is InChI=1S/C14H21N3O3S.ClH/c1-3-4-5-11(9-15)16-14(18)10-6-7-13(21-2)12(8-10)17(19)20;/h6-8,11H,3-5,9,15H2,1-2H3,(H,16,18);1H. The number of carbonyl (C=O) groups excluding carboxylic acids is 1. The second kappa shape index (κ2) is 10.4. The average Bonchev–Trinajstić information content (AvgIpc) is 2.50. The van der Waals surface area contributed by atoms with Crippen LogP contribution in [0.2, 0.25) is 0 Å². The molecule has 0 saturated heterocycles. The largest absolute Gasteiger partial charge is 0.348 e. The molecule has 0 aromatic heterocycles. The number of nitrogens with zero attached hydrogens (tertiary/aromatic N) is 1. The number of halogens is 1. The number of nitrogens with one attached hydrogen (secondary N) is 1. The van der Waals surface area contributed by atoms with Crippen molar-refractivity contribution < 1.29 is 9.72 Å². The average molecular weight is 348 g/mol. The summed E-state index contributed by atoms with van der Waals surface area (Å²) in [4.78, 5) is 23.2. The van der Waals surface area contributed by atoms with Gasteiger partial charge in [-0.05, 0) is 24.8 Å². The van der Waals surface area contributed by atoms with E-state index >= 15 is 0 Å². The lowest BCUT2D eigenvalue weighted by Crippen LogP contribution is -2.40. The molecule has 0 aliphatic carbocycles. The molecule has 1 rings (SSSR count). The summed E-state index contributed by atoms with van der Waals surface area (Å²) in [7, 11) is 0. The van der Waals surface area contributed by atoms with E-state index in [2.05, 4.69) is 12.2 Å². The van der Waals surface area contributed by atoms with Crippen molar-refractivity contribution in [3.8, 4) is 0 Å². The zero-order valence-corrected chi connectivity index (χ0v) is 14.3. The molecule has 22 heavy (non-hydrogen) atoms. The van der Waals surface area contributed by atoms with E-state index in [1.807, 2.05) is 0 Å². The van der Waals surface area contributed by atoms with E-state index < -0.39 is 4.92 Å². The normalized spacial score (nSPS) is 11.4. The molecule has 6 nitrogen and oxygen atoms in total. The van der Waals surface area contributed by atoms with Crippen LogP contribution < -0.4 is 11.1 Å². The van der Waals surface area contributed by atoms with Crippen LogP contribution in [0.5, 0.6) is 0 Å². The minimum Gasteiger partial charge on any atom is -0.348 e. The van der Waals surface area contributed by atoms with Crippen molar-refractivity contribution in [1.82, 2.24) is 5.32 Å². The molecule has 8 heteroatoms. The van der Waals surface area contributed by atoms with E-state index in [9.17, 15) is 14.9 Å². The van der Waals surface area contributed by atoms with Gasteiger partial charge in [-0.1, -0.05) is 19.8 Å². The van der Waals surface area contributed by atoms with E-state index in [0.29, 0.717) is 11.4 Å². The number of nitro benzene ring substituents is 1. The Balaban J connectivity index is 0.00000441. The summed E-state index contributed by atoms with van der Waals surface area (Å²) in [6.07, 6.45) is 4.58. The van der Waals surface area contributed by atoms with Gasteiger partial charge in [0, 0.05) is 24.2 Å². The van der Waals surface area contributed by atoms with Gasteiger partial charge in [0.15, 0.2) is 0 Å². The first kappa shape index (κ1) is 20.7. The van der Waals surface area contributed by atoms with Crippen LogP contribution >= 0.6 is 24.2 Å². The number of rotatable bonds is 8. The molecule has 3 N–H and O–H groups in total. The van der Waals surface area contributed by atoms with Crippen molar-refractivity contribution in [2.24, 2.45) is 5.73 Å². The fourth-order valence-electron chi connectivity index (χ4n) is 1.94. The maximum Gasteiger partial charge on any atom is 0.283 e. The van der Waals surface area contributed by atoms with Gasteiger partial charge in [-0.15, -0.1) is 24.2 Å². The van der Waals surface area contributed by atoms with E-state index in [0.717, 1.165) is 19.3 Å². The van der Waals surface area contributed by atoms with Gasteiger partial charge in [0.25, 0.3) is 11.6 Å². The molecule has 0 fully saturated rings. The molecule has 1 atom stereocenters. The quantitative estimate of drug-likeness (QED) is 0.428. The Labute approximate surface area is 140 Å². The zero-order valence-electron chi connectivity index (χ0n) is 12.7. The van der Waals surface area contributed by atoms with Gasteiger partial charge in [0.05, 0.1) is 9.82 Å². The van der Waals surface area contributed by atoms with Crippen LogP contribution in [-0.2, 0) is 0 Å². The lowest BCUT2D eigenvalue weighted by molar-refractivity contribution is -0.387. The van der Waals surface area contributed by atoms with Gasteiger partial charge >= 0.3 is 0 Å². The maximum absolute atomic E-state index is 12.2. The first-order chi connectivity index (χ1) is 10.0. The Hall–Kier alpha value is -1.31. The molecular weight excluding hydrogens is 326 g/mol. The third-order valence-electron chi connectivity index (χ3n) is 3.16. The highest BCUT2D eigenvalue weighted by atomic mass is 35.5. The number of hydrogen-bond acceptors (Lipinski definition) is 5. The number of carbonyl (C=O) groups is 1. The van der Waals surface area contributed by atoms with E-state index in [1.165, 1.54) is 17.8 Å². The molecule has 0 spiro atoms. The molecule has 0 bridgehead atoms. The van der Waals surface area contributed by atoms with Crippen LogP contribution in [0.1, 0.15) is 36.5 Å². The maximum atomic E-state index is 12.2. The van der Waals surface area contributed by atoms with Gasteiger partial charge in [0.2, 0.25) is 0 Å². The SMILES string of the molecule is CCCCC(CN)NC(=O)c1ccc(SC)c([N+](=O)[O-])c1.Cl. The van der Waals surface area contributed by atoms with Crippen molar-refractivity contribution in [2.75, 3.05) is 12.8 Å². The molecule has 124 valence electrons. The smallest absolute Gasteiger partial charge is 0.283 e. The predicted molar refractivity (Wildman–Crippen MR) is 92.0 cm³/mol. The number of nitrogens with two attached hydrogens (primary N) is 1. The monoisotopic (exact) mass is 347 g/mol. The van der Waals surface area contributed by atoms with Crippen LogP contribution in [0.4, 0.5) is 5.69 Å². The molecule has 1 aromatic carbocycles. The summed E-state index contributed by atoms with van der Waals surface area (Å²) < 4.78 is 0. The predicted octanol–water partition coefficient (Wildman–Crippen LogP) is 2.99. The van der Waals surface area contributed by atoms with Crippen LogP contribution in [0.15, 0.2) is 23.1 Å². The first-order valence-electron chi connectivity index (χ1n) is 6.86. The van der Waals surface area contributed by atoms with Gasteiger partial charge in [-0.2, -0.15) is 0 Å². The Morgan fingerprint density at radius 2 is 2.18 bits per heavy atom. The lowest BCUT2D eigenvalue weighted by Gasteiger charge is -2.16. The Bertz CT molecular complexity index is 514. The molecule has 0 saturated carbocycles. The molecular formula is C14H22ClN3O3S. The number of hydrogen-bond donors (Lipinski definition) is 2. The topological polar surface area (TPSA) is 98.3 Å². The summed E-state index contributed by atoms with van der Waals surface area (Å²) in [5.41, 5.74) is 5.88. The highest BCUT2D eigenvalue weighted by Crippen LogP contribution is 2.28. The van der Waals surface area contributed by atoms with Crippen LogP contribution in [-0.4, -0.2) is 29.7 Å². The van der Waals surface area contributed by atoms with E-state index in [-0.39, 0.29) is 35.6 Å². The van der Waals surface area contributed by atoms with Gasteiger partial charge in [-0.3, -0.25) is 14.9 Å². The number of amides is 1. The number of unbranched alkanes of at least 4 members (excludes halogenated alkanes) is 1. The highest BCUT2D eigenvalue weighted by Gasteiger charge is 2.18. The van der Waals surface area contributed by atoms with E-state index in [4.69, 9.17) is 5.73 Å². The fraction of sp³-hybridized carbons (Fsp3) is 0.500. The van der Waals surface area contributed by atoms with Crippen molar-refractivity contribution in [1.29, 1.82) is 0 Å². The Kier molecular flexibility index (Phi) is 9.80. The molecule has 1 unspecified atom stereocenters. The molecule has 0 heterocycles. The molecule has 0 aliphatic heterocycles. The van der Waals surface area contributed by atoms with Crippen LogP contribution in [0.3, 0.4) is 0 Å². The number of thioether (sulfide) groups is 1. The van der Waals surface area contributed by atoms with Crippen LogP contribution in [0, 0.1) is 10.1 Å². The molecule has 0 radical (unpaired) electrons. The van der Waals surface area contributed by atoms with E-state index in [1.54, 1.807) is 18.4 Å². The van der Waals surface area contributed by atoms with Crippen molar-refractivity contribution in [3.05, 3.63) is 33.9 Å². The summed E-state index contributed by atoms with van der Waals surface area (Å²) in [6, 6.07) is 4.41. The minimum atomic E-state index is -0.472. The zero-order chi connectivity index (χ0) is 15.8. The molecule has 0 aliphatic rings. The second-order valence-electron chi connectivity index (χ2n) is 4.69. The van der Waals surface area contributed by atoms with Crippen molar-refractivity contribution in [2.45, 2.75) is 37.1 Å². The summed E-state index contributed by atoms with van der Waals surface area (Å²) in [5, 5.41) is 13.8. The Morgan fingerprint density at radius 1 is 1.50 bits per heavy atom. The first-order valence-corrected chi connectivity index (χ1v) is 8.09. The highest BCUT2D eigenvalue weighted by molar-refractivity contribution is 7.98. The number of nitro groups is 1. The fourth-order valence-corrected chi connectivity index (χ4v) is 2.49. The van der Waals surface area contributed by atoms with Gasteiger partial charge < -0.3 is 11.1 Å². The lowest BCUT2D eigenvalue weighted by atomic mass is 10.1. The summed E-state index contributed by atoms with van der Waals surface area (Å²) >= 11 is 1.28. The third kappa shape index (κ3) is 5.82. The third-order valence-corrected chi connectivity index (χ3v) is 3.95. The number of benzene rings is 1. The minimum absolute atomic E-state index is 0. The summed E-state index contributed by atoms with van der Waals surface area (Å²) in [5.74, 6) is -0.322. The Morgan fingerprint density at radius 3 is 2.68 bits per heavy atom. The molecule has 1 aromatic rings. The van der Waals surface area contributed by atoms with Crippen molar-refractivity contribution >= 4 is 35.8 Å². The van der Waals surface area contributed by atoms with Gasteiger partial charge in [-0.25, -0.2) is 0 Å². The van der Waals surface area contributed by atoms with Gasteiger partial charge in [0.1, 0.15) is 0 Å². The molecule has 1 amide bonds. The summed E-state index contributed by atoms with van der Waals surface area (Å²) in [6.45, 7) is 2.43. The van der Waals surface area contributed by atoms with Crippen LogP contribution in [0.25, 0.3) is 0 Å². The van der Waals surface area contributed by atoms with Crippen molar-refractivity contribution in [3.63, 3.8) is 0 Å². The second-order valence-corrected chi connectivity index (χ2v) is 5.54.